The highest BCUT2D eigenvalue weighted by molar-refractivity contribution is 5.74. The highest BCUT2D eigenvalue weighted by Crippen LogP contribution is 2.50. The van der Waals surface area contributed by atoms with Crippen LogP contribution in [0.25, 0.3) is 11.3 Å². The maximum absolute atomic E-state index is 13.6. The SMILES string of the molecule is CC[C@](O)(c1cc2c(c(-c3ccc(F)cc3)n1)OC[C@]2(C)NC(=O)OC(C)(C)C)C1CC1. The van der Waals surface area contributed by atoms with E-state index < -0.39 is 22.8 Å². The summed E-state index contributed by atoms with van der Waals surface area (Å²) in [6.45, 7) is 9.41. The zero-order valence-electron chi connectivity index (χ0n) is 19.3. The van der Waals surface area contributed by atoms with Crippen molar-refractivity contribution >= 4 is 6.09 Å². The van der Waals surface area contributed by atoms with Crippen LogP contribution in [0.15, 0.2) is 30.3 Å². The van der Waals surface area contributed by atoms with Crippen LogP contribution in [0.2, 0.25) is 0 Å². The Morgan fingerprint density at radius 3 is 2.53 bits per heavy atom. The topological polar surface area (TPSA) is 80.7 Å². The van der Waals surface area contributed by atoms with Crippen LogP contribution in [0.1, 0.15) is 65.1 Å². The third kappa shape index (κ3) is 4.18. The average Bonchev–Trinajstić information content (AvgIpc) is 3.51. The minimum absolute atomic E-state index is 0.145. The summed E-state index contributed by atoms with van der Waals surface area (Å²) >= 11 is 0. The summed E-state index contributed by atoms with van der Waals surface area (Å²) in [6, 6.07) is 7.87. The molecule has 1 aromatic heterocycles. The number of aromatic nitrogens is 1. The number of ether oxygens (including phenoxy) is 2. The Bertz CT molecular complexity index is 1030. The standard InChI is InChI=1S/C25H31FN2O4/c1-6-25(30,16-9-10-16)19-13-18-21(20(27-19)15-7-11-17(26)12-8-15)31-14-24(18,5)28-22(29)32-23(2,3)4/h7-8,11-13,16,30H,6,9-10,14H2,1-5H3,(H,28,29)/t24-,25+/m0/s1. The predicted molar refractivity (Wildman–Crippen MR) is 119 cm³/mol. The molecular weight excluding hydrogens is 411 g/mol. The number of carbonyl (C=O) groups is 1. The third-order valence-electron chi connectivity index (χ3n) is 6.20. The fourth-order valence-electron chi connectivity index (χ4n) is 4.28. The van der Waals surface area contributed by atoms with Crippen LogP contribution >= 0.6 is 0 Å². The monoisotopic (exact) mass is 442 g/mol. The number of aliphatic hydroxyl groups is 1. The molecule has 1 aliphatic heterocycles. The molecule has 2 N–H and O–H groups in total. The van der Waals surface area contributed by atoms with Crippen LogP contribution in [0, 0.1) is 11.7 Å². The number of benzene rings is 1. The largest absolute Gasteiger partial charge is 0.488 e. The number of alkyl carbamates (subject to hydrolysis) is 1. The van der Waals surface area contributed by atoms with Gasteiger partial charge in [-0.05, 0) is 83.2 Å². The maximum Gasteiger partial charge on any atom is 0.408 e. The van der Waals surface area contributed by atoms with Crippen molar-refractivity contribution in [1.29, 1.82) is 0 Å². The summed E-state index contributed by atoms with van der Waals surface area (Å²) in [4.78, 5) is 17.4. The van der Waals surface area contributed by atoms with E-state index in [1.807, 2.05) is 19.9 Å². The summed E-state index contributed by atoms with van der Waals surface area (Å²) in [6.07, 6.45) is 1.85. The lowest BCUT2D eigenvalue weighted by molar-refractivity contribution is 0.00462. The zero-order valence-corrected chi connectivity index (χ0v) is 19.3. The van der Waals surface area contributed by atoms with Gasteiger partial charge < -0.3 is 19.9 Å². The van der Waals surface area contributed by atoms with Gasteiger partial charge in [0, 0.05) is 11.1 Å². The van der Waals surface area contributed by atoms with Gasteiger partial charge in [0.1, 0.15) is 34.9 Å². The van der Waals surface area contributed by atoms with Gasteiger partial charge in [0.25, 0.3) is 0 Å². The van der Waals surface area contributed by atoms with Gasteiger partial charge in [-0.1, -0.05) is 6.92 Å². The second-order valence-electron chi connectivity index (χ2n) is 10.0. The zero-order chi connectivity index (χ0) is 23.3. The number of hydrogen-bond acceptors (Lipinski definition) is 5. The number of nitrogens with one attached hydrogen (secondary N) is 1. The Hall–Kier alpha value is -2.67. The summed E-state index contributed by atoms with van der Waals surface area (Å²) in [7, 11) is 0. The normalized spacial score (nSPS) is 22.0. The lowest BCUT2D eigenvalue weighted by Crippen LogP contribution is -2.47. The maximum atomic E-state index is 13.6. The van der Waals surface area contributed by atoms with Crippen molar-refractivity contribution in [3.8, 4) is 17.0 Å². The lowest BCUT2D eigenvalue weighted by Gasteiger charge is -2.30. The second-order valence-corrected chi connectivity index (χ2v) is 10.0. The molecule has 1 saturated carbocycles. The minimum atomic E-state index is -1.07. The number of carbonyl (C=O) groups excluding carboxylic acids is 1. The predicted octanol–water partition coefficient (Wildman–Crippen LogP) is 5.03. The van der Waals surface area contributed by atoms with Crippen LogP contribution in [0.3, 0.4) is 0 Å². The molecule has 0 bridgehead atoms. The van der Waals surface area contributed by atoms with Gasteiger partial charge in [0.05, 0.1) is 5.69 Å². The molecule has 7 heteroatoms. The van der Waals surface area contributed by atoms with Gasteiger partial charge in [-0.15, -0.1) is 0 Å². The van der Waals surface area contributed by atoms with Gasteiger partial charge in [-0.2, -0.15) is 0 Å². The van der Waals surface area contributed by atoms with Crippen molar-refractivity contribution < 1.29 is 23.8 Å². The van der Waals surface area contributed by atoms with E-state index in [0.717, 1.165) is 18.4 Å². The fourth-order valence-corrected chi connectivity index (χ4v) is 4.28. The van der Waals surface area contributed by atoms with E-state index >= 15 is 0 Å². The molecule has 0 saturated heterocycles. The van der Waals surface area contributed by atoms with Gasteiger partial charge in [0.2, 0.25) is 0 Å². The van der Waals surface area contributed by atoms with E-state index in [2.05, 4.69) is 5.32 Å². The molecular formula is C25H31FN2O4. The molecule has 4 rings (SSSR count). The number of nitrogens with zero attached hydrogens (tertiary/aromatic N) is 1. The van der Waals surface area contributed by atoms with E-state index in [1.54, 1.807) is 32.9 Å². The molecule has 6 nitrogen and oxygen atoms in total. The molecule has 1 aliphatic carbocycles. The molecule has 2 atom stereocenters. The highest BCUT2D eigenvalue weighted by atomic mass is 19.1. The summed E-state index contributed by atoms with van der Waals surface area (Å²) in [5, 5.41) is 14.4. The lowest BCUT2D eigenvalue weighted by atomic mass is 9.85. The number of rotatable bonds is 5. The first-order chi connectivity index (χ1) is 14.9. The molecule has 32 heavy (non-hydrogen) atoms. The van der Waals surface area contributed by atoms with Crippen molar-refractivity contribution in [3.05, 3.63) is 47.4 Å². The van der Waals surface area contributed by atoms with Gasteiger partial charge in [0.15, 0.2) is 5.75 Å². The van der Waals surface area contributed by atoms with Crippen LogP contribution in [0.4, 0.5) is 9.18 Å². The van der Waals surface area contributed by atoms with E-state index in [-0.39, 0.29) is 18.3 Å². The minimum Gasteiger partial charge on any atom is -0.488 e. The molecule has 2 aliphatic rings. The Balaban J connectivity index is 1.82. The molecule has 2 heterocycles. The number of pyridine rings is 1. The van der Waals surface area contributed by atoms with Gasteiger partial charge >= 0.3 is 6.09 Å². The molecule has 0 spiro atoms. The molecule has 0 radical (unpaired) electrons. The second kappa shape index (κ2) is 7.73. The smallest absolute Gasteiger partial charge is 0.408 e. The molecule has 1 fully saturated rings. The average molecular weight is 443 g/mol. The van der Waals surface area contributed by atoms with Crippen molar-refractivity contribution in [1.82, 2.24) is 10.3 Å². The van der Waals surface area contributed by atoms with Crippen LogP contribution in [-0.2, 0) is 15.9 Å². The summed E-state index contributed by atoms with van der Waals surface area (Å²) in [5.74, 6) is 0.321. The van der Waals surface area contributed by atoms with Crippen molar-refractivity contribution in [2.24, 2.45) is 5.92 Å². The quantitative estimate of drug-likeness (QED) is 0.679. The Kier molecular flexibility index (Phi) is 5.44. The molecule has 0 unspecified atom stereocenters. The van der Waals surface area contributed by atoms with E-state index in [0.29, 0.717) is 29.1 Å². The fraction of sp³-hybridized carbons (Fsp3) is 0.520. The Morgan fingerprint density at radius 1 is 1.31 bits per heavy atom. The number of halogens is 1. The summed E-state index contributed by atoms with van der Waals surface area (Å²) < 4.78 is 25.1. The highest BCUT2D eigenvalue weighted by Gasteiger charge is 2.48. The number of fused-ring (bicyclic) bond motifs is 1. The molecule has 2 aromatic rings. The Morgan fingerprint density at radius 2 is 1.97 bits per heavy atom. The van der Waals surface area contributed by atoms with Crippen molar-refractivity contribution in [2.75, 3.05) is 6.61 Å². The number of hydrogen-bond donors (Lipinski definition) is 2. The number of amides is 1. The van der Waals surface area contributed by atoms with Crippen LogP contribution < -0.4 is 10.1 Å². The molecule has 1 aromatic carbocycles. The van der Waals surface area contributed by atoms with Crippen LogP contribution in [-0.4, -0.2) is 28.4 Å². The van der Waals surface area contributed by atoms with Gasteiger partial charge in [-0.25, -0.2) is 14.2 Å². The van der Waals surface area contributed by atoms with E-state index in [4.69, 9.17) is 14.5 Å². The third-order valence-corrected chi connectivity index (χ3v) is 6.20. The first-order valence-electron chi connectivity index (χ1n) is 11.1. The molecule has 172 valence electrons. The first-order valence-corrected chi connectivity index (χ1v) is 11.1. The van der Waals surface area contributed by atoms with E-state index in [9.17, 15) is 14.3 Å². The van der Waals surface area contributed by atoms with Gasteiger partial charge in [-0.3, -0.25) is 0 Å². The van der Waals surface area contributed by atoms with Crippen molar-refractivity contribution in [3.63, 3.8) is 0 Å². The van der Waals surface area contributed by atoms with Crippen LogP contribution in [0.5, 0.6) is 5.75 Å². The van der Waals surface area contributed by atoms with Crippen molar-refractivity contribution in [2.45, 2.75) is 70.6 Å². The van der Waals surface area contributed by atoms with E-state index in [1.165, 1.54) is 12.1 Å². The summed E-state index contributed by atoms with van der Waals surface area (Å²) in [5.41, 5.74) is -0.106. The first kappa shape index (κ1) is 22.5. The molecule has 1 amide bonds. The Labute approximate surface area is 188 Å².